The highest BCUT2D eigenvalue weighted by molar-refractivity contribution is 6.09. The molecule has 0 heterocycles. The summed E-state index contributed by atoms with van der Waals surface area (Å²) < 4.78 is 10.5. The van der Waals surface area contributed by atoms with Crippen LogP contribution < -0.4 is 10.1 Å². The molecule has 5 heteroatoms. The topological polar surface area (TPSA) is 64.6 Å². The highest BCUT2D eigenvalue weighted by atomic mass is 16.5. The molecule has 0 aromatic heterocycles. The molecule has 0 aliphatic heterocycles. The lowest BCUT2D eigenvalue weighted by Crippen LogP contribution is -2.25. The fraction of sp³-hybridized carbons (Fsp3) is 0.259. The Hall–Kier alpha value is -3.44. The number of carbonyl (C=O) groups is 2. The number of aryl methyl sites for hydroxylation is 1. The Kier molecular flexibility index (Phi) is 6.66. The fourth-order valence-corrected chi connectivity index (χ4v) is 3.48. The predicted octanol–water partition coefficient (Wildman–Crippen LogP) is 4.81. The minimum atomic E-state index is -0.0470. The minimum Gasteiger partial charge on any atom is -0.491 e. The molecule has 1 saturated carbocycles. The Morgan fingerprint density at radius 2 is 1.50 bits per heavy atom. The van der Waals surface area contributed by atoms with Gasteiger partial charge in [0.25, 0.3) is 5.91 Å². The van der Waals surface area contributed by atoms with E-state index in [0.717, 1.165) is 29.5 Å². The van der Waals surface area contributed by atoms with Crippen LogP contribution in [0.1, 0.15) is 44.7 Å². The van der Waals surface area contributed by atoms with Gasteiger partial charge in [-0.25, -0.2) is 0 Å². The molecule has 0 atom stereocenters. The van der Waals surface area contributed by atoms with Crippen molar-refractivity contribution in [3.8, 4) is 16.9 Å². The molecular weight excluding hydrogens is 402 g/mol. The molecule has 1 N–H and O–H groups in total. The molecule has 0 bridgehead atoms. The molecule has 1 amide bonds. The van der Waals surface area contributed by atoms with Crippen LogP contribution in [0.2, 0.25) is 0 Å². The van der Waals surface area contributed by atoms with Gasteiger partial charge in [-0.2, -0.15) is 0 Å². The van der Waals surface area contributed by atoms with Crippen LogP contribution in [0.4, 0.5) is 0 Å². The molecular formula is C27H27NO4. The monoisotopic (exact) mass is 429 g/mol. The van der Waals surface area contributed by atoms with Gasteiger partial charge in [-0.3, -0.25) is 9.59 Å². The SMILES string of the molecule is COCCOc1ccc(C(=O)c2ccc(-c3cc(C(=O)NC4CC4)ccc3C)cc2)cc1. The smallest absolute Gasteiger partial charge is 0.251 e. The molecule has 3 aromatic carbocycles. The average Bonchev–Trinajstić information content (AvgIpc) is 3.64. The Labute approximate surface area is 188 Å². The van der Waals surface area contributed by atoms with Crippen LogP contribution in [0.25, 0.3) is 11.1 Å². The van der Waals surface area contributed by atoms with Gasteiger partial charge in [0.2, 0.25) is 0 Å². The van der Waals surface area contributed by atoms with Gasteiger partial charge in [0.05, 0.1) is 6.61 Å². The van der Waals surface area contributed by atoms with Crippen molar-refractivity contribution >= 4 is 11.7 Å². The summed E-state index contributed by atoms with van der Waals surface area (Å²) in [6, 6.07) is 20.7. The molecule has 4 rings (SSSR count). The van der Waals surface area contributed by atoms with Crippen LogP contribution in [0.5, 0.6) is 5.75 Å². The number of nitrogens with one attached hydrogen (secondary N) is 1. The van der Waals surface area contributed by atoms with Gasteiger partial charge in [0.15, 0.2) is 5.78 Å². The van der Waals surface area contributed by atoms with Gasteiger partial charge in [-0.1, -0.05) is 30.3 Å². The lowest BCUT2D eigenvalue weighted by atomic mass is 9.95. The summed E-state index contributed by atoms with van der Waals surface area (Å²) in [6.45, 7) is 3.00. The number of ketones is 1. The van der Waals surface area contributed by atoms with E-state index in [1.807, 2.05) is 49.4 Å². The summed E-state index contributed by atoms with van der Waals surface area (Å²) in [5, 5.41) is 3.03. The van der Waals surface area contributed by atoms with Gasteiger partial charge < -0.3 is 14.8 Å². The first-order chi connectivity index (χ1) is 15.5. The standard InChI is InChI=1S/C27H27NO4/c1-18-3-4-22(27(30)28-23-11-12-23)17-25(18)19-5-7-20(8-6-19)26(29)21-9-13-24(14-10-21)32-16-15-31-2/h3-10,13-14,17,23H,11-12,15-16H2,1-2H3,(H,28,30). The number of hydrogen-bond acceptors (Lipinski definition) is 4. The van der Waals surface area contributed by atoms with E-state index >= 15 is 0 Å². The zero-order chi connectivity index (χ0) is 22.5. The Morgan fingerprint density at radius 3 is 2.12 bits per heavy atom. The lowest BCUT2D eigenvalue weighted by Gasteiger charge is -2.11. The summed E-state index contributed by atoms with van der Waals surface area (Å²) in [5.41, 5.74) is 4.92. The average molecular weight is 430 g/mol. The number of amides is 1. The fourth-order valence-electron chi connectivity index (χ4n) is 3.48. The van der Waals surface area contributed by atoms with Crippen LogP contribution in [-0.4, -0.2) is 38.1 Å². The van der Waals surface area contributed by atoms with E-state index < -0.39 is 0 Å². The molecule has 3 aromatic rings. The zero-order valence-corrected chi connectivity index (χ0v) is 18.4. The molecule has 0 unspecified atom stereocenters. The van der Waals surface area contributed by atoms with Gasteiger partial charge in [0.1, 0.15) is 12.4 Å². The second-order valence-corrected chi connectivity index (χ2v) is 8.05. The Morgan fingerprint density at radius 1 is 0.875 bits per heavy atom. The largest absolute Gasteiger partial charge is 0.491 e. The molecule has 5 nitrogen and oxygen atoms in total. The molecule has 0 saturated heterocycles. The summed E-state index contributed by atoms with van der Waals surface area (Å²) in [4.78, 5) is 25.3. The van der Waals surface area contributed by atoms with E-state index in [0.29, 0.717) is 41.7 Å². The van der Waals surface area contributed by atoms with Crippen LogP contribution in [0.3, 0.4) is 0 Å². The number of methoxy groups -OCH3 is 1. The molecule has 1 aliphatic carbocycles. The van der Waals surface area contributed by atoms with Gasteiger partial charge in [-0.05, 0) is 72.9 Å². The molecule has 1 aliphatic rings. The normalized spacial score (nSPS) is 12.9. The van der Waals surface area contributed by atoms with Crippen molar-refractivity contribution in [1.82, 2.24) is 5.32 Å². The van der Waals surface area contributed by atoms with E-state index in [1.165, 1.54) is 0 Å². The summed E-state index contributed by atoms with van der Waals surface area (Å²) in [6.07, 6.45) is 2.12. The van der Waals surface area contributed by atoms with Crippen molar-refractivity contribution in [2.75, 3.05) is 20.3 Å². The maximum absolute atomic E-state index is 12.9. The van der Waals surface area contributed by atoms with E-state index in [2.05, 4.69) is 5.32 Å². The van der Waals surface area contributed by atoms with E-state index in [-0.39, 0.29) is 11.7 Å². The number of hydrogen-bond donors (Lipinski definition) is 1. The molecule has 1 fully saturated rings. The van der Waals surface area contributed by atoms with Gasteiger partial charge in [-0.15, -0.1) is 0 Å². The maximum Gasteiger partial charge on any atom is 0.251 e. The summed E-state index contributed by atoms with van der Waals surface area (Å²) in [7, 11) is 1.63. The predicted molar refractivity (Wildman–Crippen MR) is 124 cm³/mol. The quantitative estimate of drug-likeness (QED) is 0.392. The molecule has 32 heavy (non-hydrogen) atoms. The second-order valence-electron chi connectivity index (χ2n) is 8.05. The van der Waals surface area contributed by atoms with Gasteiger partial charge >= 0.3 is 0 Å². The van der Waals surface area contributed by atoms with Crippen molar-refractivity contribution in [3.63, 3.8) is 0 Å². The summed E-state index contributed by atoms with van der Waals surface area (Å²) in [5.74, 6) is 0.625. The van der Waals surface area contributed by atoms with Crippen LogP contribution in [0.15, 0.2) is 66.7 Å². The zero-order valence-electron chi connectivity index (χ0n) is 18.4. The Bertz CT molecular complexity index is 1100. The van der Waals surface area contributed by atoms with E-state index in [4.69, 9.17) is 9.47 Å². The van der Waals surface area contributed by atoms with Crippen molar-refractivity contribution < 1.29 is 19.1 Å². The van der Waals surface area contributed by atoms with Crippen molar-refractivity contribution in [1.29, 1.82) is 0 Å². The van der Waals surface area contributed by atoms with Crippen LogP contribution in [0, 0.1) is 6.92 Å². The lowest BCUT2D eigenvalue weighted by molar-refractivity contribution is 0.0950. The highest BCUT2D eigenvalue weighted by Gasteiger charge is 2.24. The number of ether oxygens (including phenoxy) is 2. The Balaban J connectivity index is 1.48. The molecule has 0 spiro atoms. The first-order valence-corrected chi connectivity index (χ1v) is 10.8. The molecule has 164 valence electrons. The third kappa shape index (κ3) is 5.24. The minimum absolute atomic E-state index is 0.0322. The first-order valence-electron chi connectivity index (χ1n) is 10.8. The first kappa shape index (κ1) is 21.8. The third-order valence-corrected chi connectivity index (χ3v) is 5.54. The van der Waals surface area contributed by atoms with Crippen molar-refractivity contribution in [3.05, 3.63) is 89.0 Å². The second kappa shape index (κ2) is 9.79. The number of rotatable bonds is 9. The van der Waals surface area contributed by atoms with Crippen LogP contribution >= 0.6 is 0 Å². The van der Waals surface area contributed by atoms with E-state index in [1.54, 1.807) is 31.4 Å². The maximum atomic E-state index is 12.9. The summed E-state index contributed by atoms with van der Waals surface area (Å²) >= 11 is 0. The number of benzene rings is 3. The van der Waals surface area contributed by atoms with Crippen molar-refractivity contribution in [2.24, 2.45) is 0 Å². The van der Waals surface area contributed by atoms with E-state index in [9.17, 15) is 9.59 Å². The van der Waals surface area contributed by atoms with Gasteiger partial charge in [0, 0.05) is 29.8 Å². The van der Waals surface area contributed by atoms with Crippen molar-refractivity contribution in [2.45, 2.75) is 25.8 Å². The number of carbonyl (C=O) groups excluding carboxylic acids is 2. The third-order valence-electron chi connectivity index (χ3n) is 5.54. The van der Waals surface area contributed by atoms with Crippen LogP contribution in [-0.2, 0) is 4.74 Å². The molecule has 0 radical (unpaired) electrons. The highest BCUT2D eigenvalue weighted by Crippen LogP contribution is 2.27.